The predicted octanol–water partition coefficient (Wildman–Crippen LogP) is 2.52. The van der Waals surface area contributed by atoms with Gasteiger partial charge in [0.1, 0.15) is 0 Å². The summed E-state index contributed by atoms with van der Waals surface area (Å²) in [6.07, 6.45) is 0. The molecule has 0 aliphatic carbocycles. The van der Waals surface area contributed by atoms with Gasteiger partial charge in [-0.3, -0.25) is 0 Å². The largest absolute Gasteiger partial charge is 0.337 e. The molecule has 15 heavy (non-hydrogen) atoms. The quantitative estimate of drug-likeness (QED) is 0.650. The van der Waals surface area contributed by atoms with E-state index in [0.29, 0.717) is 6.54 Å². The van der Waals surface area contributed by atoms with Crippen LogP contribution >= 0.6 is 22.6 Å². The van der Waals surface area contributed by atoms with Crippen molar-refractivity contribution in [2.75, 3.05) is 16.3 Å². The van der Waals surface area contributed by atoms with Gasteiger partial charge in [-0.2, -0.15) is 0 Å². The average molecular weight is 326 g/mol. The van der Waals surface area contributed by atoms with Crippen LogP contribution in [0.15, 0.2) is 18.2 Å². The molecule has 1 rings (SSSR count). The zero-order chi connectivity index (χ0) is 11.3. The molecular formula is C9H9F2IN2O. The molecular weight excluding hydrogens is 317 g/mol. The maximum Gasteiger partial charge on any atom is 0.319 e. The Morgan fingerprint density at radius 1 is 1.33 bits per heavy atom. The Labute approximate surface area is 99.4 Å². The van der Waals surface area contributed by atoms with Crippen molar-refractivity contribution in [3.8, 4) is 0 Å². The summed E-state index contributed by atoms with van der Waals surface area (Å²) < 4.78 is 26.0. The number of rotatable bonds is 3. The number of anilines is 1. The molecule has 0 atom stereocenters. The maximum atomic E-state index is 12.7. The summed E-state index contributed by atoms with van der Waals surface area (Å²) >= 11 is 2.11. The lowest BCUT2D eigenvalue weighted by Crippen LogP contribution is -2.30. The number of hydrogen-bond acceptors (Lipinski definition) is 1. The Morgan fingerprint density at radius 2 is 2.07 bits per heavy atom. The molecule has 0 saturated carbocycles. The molecule has 0 radical (unpaired) electrons. The van der Waals surface area contributed by atoms with E-state index in [1.54, 1.807) is 0 Å². The lowest BCUT2D eigenvalue weighted by Gasteiger charge is -2.06. The molecule has 0 spiro atoms. The molecule has 2 N–H and O–H groups in total. The van der Waals surface area contributed by atoms with Gasteiger partial charge >= 0.3 is 6.03 Å². The van der Waals surface area contributed by atoms with E-state index in [4.69, 9.17) is 0 Å². The maximum absolute atomic E-state index is 12.7. The van der Waals surface area contributed by atoms with Crippen LogP contribution in [0.25, 0.3) is 0 Å². The normalized spacial score (nSPS) is 9.80. The van der Waals surface area contributed by atoms with E-state index in [0.717, 1.165) is 16.6 Å². The van der Waals surface area contributed by atoms with Gasteiger partial charge in [-0.25, -0.2) is 13.6 Å². The van der Waals surface area contributed by atoms with Gasteiger partial charge in [-0.05, 0) is 12.1 Å². The molecule has 0 aliphatic rings. The van der Waals surface area contributed by atoms with E-state index in [9.17, 15) is 13.6 Å². The van der Waals surface area contributed by atoms with Crippen LogP contribution in [0.5, 0.6) is 0 Å². The molecule has 0 saturated heterocycles. The molecule has 1 aromatic rings. The third kappa shape index (κ3) is 3.98. The van der Waals surface area contributed by atoms with E-state index >= 15 is 0 Å². The van der Waals surface area contributed by atoms with Gasteiger partial charge in [0.2, 0.25) is 0 Å². The van der Waals surface area contributed by atoms with E-state index in [-0.39, 0.29) is 5.69 Å². The highest BCUT2D eigenvalue weighted by Crippen LogP contribution is 2.12. The van der Waals surface area contributed by atoms with Crippen molar-refractivity contribution in [1.82, 2.24) is 5.32 Å². The first-order valence-corrected chi connectivity index (χ1v) is 5.72. The van der Waals surface area contributed by atoms with E-state index < -0.39 is 17.7 Å². The van der Waals surface area contributed by atoms with Crippen molar-refractivity contribution in [3.63, 3.8) is 0 Å². The first-order valence-electron chi connectivity index (χ1n) is 4.19. The number of amides is 2. The lowest BCUT2D eigenvalue weighted by molar-refractivity contribution is 0.252. The van der Waals surface area contributed by atoms with Gasteiger partial charge in [-0.1, -0.05) is 22.6 Å². The van der Waals surface area contributed by atoms with Crippen molar-refractivity contribution in [3.05, 3.63) is 29.8 Å². The minimum atomic E-state index is -0.985. The number of carbonyl (C=O) groups is 1. The highest BCUT2D eigenvalue weighted by Gasteiger charge is 2.04. The van der Waals surface area contributed by atoms with Crippen molar-refractivity contribution in [1.29, 1.82) is 0 Å². The molecule has 0 aromatic heterocycles. The van der Waals surface area contributed by atoms with Crippen LogP contribution in [0.2, 0.25) is 0 Å². The molecule has 0 bridgehead atoms. The van der Waals surface area contributed by atoms with Gasteiger partial charge in [0.25, 0.3) is 0 Å². The van der Waals surface area contributed by atoms with Gasteiger partial charge in [0.15, 0.2) is 11.6 Å². The van der Waals surface area contributed by atoms with Crippen molar-refractivity contribution < 1.29 is 13.6 Å². The predicted molar refractivity (Wildman–Crippen MR) is 62.3 cm³/mol. The zero-order valence-corrected chi connectivity index (χ0v) is 9.85. The number of halogens is 3. The third-order valence-electron chi connectivity index (χ3n) is 1.56. The van der Waals surface area contributed by atoms with Gasteiger partial charge in [0.05, 0.1) is 0 Å². The van der Waals surface area contributed by atoms with Crippen LogP contribution in [-0.4, -0.2) is 17.0 Å². The van der Waals surface area contributed by atoms with Crippen LogP contribution in [-0.2, 0) is 0 Å². The van der Waals surface area contributed by atoms with Crippen LogP contribution in [0, 0.1) is 11.6 Å². The minimum absolute atomic E-state index is 0.222. The topological polar surface area (TPSA) is 41.1 Å². The summed E-state index contributed by atoms with van der Waals surface area (Å²) in [6, 6.07) is 2.75. The summed E-state index contributed by atoms with van der Waals surface area (Å²) in [5.41, 5.74) is 0.222. The number of carbonyl (C=O) groups excluding carboxylic acids is 1. The monoisotopic (exact) mass is 326 g/mol. The van der Waals surface area contributed by atoms with Gasteiger partial charge in [-0.15, -0.1) is 0 Å². The second-order valence-electron chi connectivity index (χ2n) is 2.70. The Balaban J connectivity index is 2.57. The standard InChI is InChI=1S/C9H9F2IN2O/c10-7-2-1-6(5-8(7)11)14-9(15)13-4-3-12/h1-2,5H,3-4H2,(H2,13,14,15). The summed E-state index contributed by atoms with van der Waals surface area (Å²) in [7, 11) is 0. The highest BCUT2D eigenvalue weighted by atomic mass is 127. The fourth-order valence-corrected chi connectivity index (χ4v) is 1.18. The molecule has 0 unspecified atom stereocenters. The molecule has 3 nitrogen and oxygen atoms in total. The molecule has 2 amide bonds. The smallest absolute Gasteiger partial charge is 0.319 e. The number of hydrogen-bond donors (Lipinski definition) is 2. The number of nitrogens with one attached hydrogen (secondary N) is 2. The summed E-state index contributed by atoms with van der Waals surface area (Å²) in [6.45, 7) is 0.524. The molecule has 6 heteroatoms. The summed E-state index contributed by atoms with van der Waals surface area (Å²) in [4.78, 5) is 11.1. The molecule has 1 aromatic carbocycles. The summed E-state index contributed by atoms with van der Waals surface area (Å²) in [5.74, 6) is -1.92. The van der Waals surface area contributed by atoms with Gasteiger partial charge < -0.3 is 10.6 Å². The third-order valence-corrected chi connectivity index (χ3v) is 2.10. The lowest BCUT2D eigenvalue weighted by atomic mass is 10.3. The minimum Gasteiger partial charge on any atom is -0.337 e. The summed E-state index contributed by atoms with van der Waals surface area (Å²) in [5, 5.41) is 4.93. The van der Waals surface area contributed by atoms with E-state index in [1.807, 2.05) is 0 Å². The fraction of sp³-hybridized carbons (Fsp3) is 0.222. The average Bonchev–Trinajstić information content (AvgIpc) is 2.20. The zero-order valence-electron chi connectivity index (χ0n) is 7.69. The Bertz CT molecular complexity index is 360. The second-order valence-corrected chi connectivity index (χ2v) is 3.78. The van der Waals surface area contributed by atoms with Crippen molar-refractivity contribution >= 4 is 34.3 Å². The van der Waals surface area contributed by atoms with E-state index in [2.05, 4.69) is 33.2 Å². The SMILES string of the molecule is O=C(NCCI)Nc1ccc(F)c(F)c1. The molecule has 82 valence electrons. The van der Waals surface area contributed by atoms with Crippen LogP contribution in [0.3, 0.4) is 0 Å². The van der Waals surface area contributed by atoms with Crippen LogP contribution in [0.1, 0.15) is 0 Å². The highest BCUT2D eigenvalue weighted by molar-refractivity contribution is 14.1. The van der Waals surface area contributed by atoms with Gasteiger partial charge in [0, 0.05) is 22.7 Å². The molecule has 0 aliphatic heterocycles. The fourth-order valence-electron chi connectivity index (χ4n) is 0.910. The van der Waals surface area contributed by atoms with Crippen molar-refractivity contribution in [2.24, 2.45) is 0 Å². The van der Waals surface area contributed by atoms with Crippen LogP contribution in [0.4, 0.5) is 19.3 Å². The van der Waals surface area contributed by atoms with Crippen LogP contribution < -0.4 is 10.6 Å². The number of benzene rings is 1. The second kappa shape index (κ2) is 5.84. The van der Waals surface area contributed by atoms with E-state index in [1.165, 1.54) is 6.07 Å². The Kier molecular flexibility index (Phi) is 4.73. The first kappa shape index (κ1) is 12.2. The first-order chi connectivity index (χ1) is 7.13. The number of alkyl halides is 1. The Morgan fingerprint density at radius 3 is 2.67 bits per heavy atom. The Hall–Kier alpha value is -0.920. The van der Waals surface area contributed by atoms with Crippen molar-refractivity contribution in [2.45, 2.75) is 0 Å². The molecule has 0 fully saturated rings. The molecule has 0 heterocycles. The number of urea groups is 1.